The number of aromatic nitrogens is 1. The summed E-state index contributed by atoms with van der Waals surface area (Å²) in [5.74, 6) is 0.499. The summed E-state index contributed by atoms with van der Waals surface area (Å²) in [5.41, 5.74) is 3.13. The Morgan fingerprint density at radius 1 is 1.20 bits per heavy atom. The second-order valence-corrected chi connectivity index (χ2v) is 7.72. The van der Waals surface area contributed by atoms with Crippen molar-refractivity contribution in [1.29, 1.82) is 0 Å². The van der Waals surface area contributed by atoms with Gasteiger partial charge in [-0.3, -0.25) is 4.79 Å². The van der Waals surface area contributed by atoms with Crippen LogP contribution in [-0.4, -0.2) is 28.9 Å². The number of thiazole rings is 1. The Bertz CT molecular complexity index is 851. The van der Waals surface area contributed by atoms with Crippen LogP contribution in [0.25, 0.3) is 10.2 Å². The van der Waals surface area contributed by atoms with E-state index in [1.807, 2.05) is 23.1 Å². The van der Waals surface area contributed by atoms with Crippen LogP contribution in [0.3, 0.4) is 0 Å². The van der Waals surface area contributed by atoms with Gasteiger partial charge in [0.25, 0.3) is 5.91 Å². The molecule has 1 fully saturated rings. The van der Waals surface area contributed by atoms with Crippen LogP contribution in [0.15, 0.2) is 48.5 Å². The van der Waals surface area contributed by atoms with Crippen LogP contribution in [0, 0.1) is 0 Å². The minimum absolute atomic E-state index is 0.147. The molecule has 0 spiro atoms. The first-order chi connectivity index (χ1) is 12.2. The van der Waals surface area contributed by atoms with Crippen LogP contribution >= 0.6 is 11.3 Å². The van der Waals surface area contributed by atoms with E-state index in [1.54, 1.807) is 11.3 Å². The van der Waals surface area contributed by atoms with Crippen molar-refractivity contribution >= 4 is 27.5 Å². The maximum atomic E-state index is 12.9. The maximum Gasteiger partial charge on any atom is 0.253 e. The Morgan fingerprint density at radius 3 is 2.76 bits per heavy atom. The SMILES string of the molecule is CCc1ccc(C(=O)N2CCCC(c3nc4ccccc4s3)C2)cc1. The summed E-state index contributed by atoms with van der Waals surface area (Å²) in [4.78, 5) is 19.7. The monoisotopic (exact) mass is 350 g/mol. The number of amides is 1. The Hall–Kier alpha value is -2.20. The second kappa shape index (κ2) is 6.96. The van der Waals surface area contributed by atoms with Gasteiger partial charge in [-0.2, -0.15) is 0 Å². The van der Waals surface area contributed by atoms with E-state index < -0.39 is 0 Å². The Kier molecular flexibility index (Phi) is 4.53. The molecule has 2 heterocycles. The van der Waals surface area contributed by atoms with Crippen LogP contribution in [0.4, 0.5) is 0 Å². The summed E-state index contributed by atoms with van der Waals surface area (Å²) in [6.45, 7) is 3.74. The second-order valence-electron chi connectivity index (χ2n) is 6.66. The van der Waals surface area contributed by atoms with Gasteiger partial charge < -0.3 is 4.90 Å². The molecule has 2 aromatic carbocycles. The normalized spacial score (nSPS) is 17.8. The fourth-order valence-corrected chi connectivity index (χ4v) is 4.59. The van der Waals surface area contributed by atoms with Crippen LogP contribution in [0.2, 0.25) is 0 Å². The van der Waals surface area contributed by atoms with Gasteiger partial charge in [0, 0.05) is 24.6 Å². The fraction of sp³-hybridized carbons (Fsp3) is 0.333. The quantitative estimate of drug-likeness (QED) is 0.674. The highest BCUT2D eigenvalue weighted by molar-refractivity contribution is 7.18. The number of carbonyl (C=O) groups excluding carboxylic acids is 1. The number of hydrogen-bond donors (Lipinski definition) is 0. The van der Waals surface area contributed by atoms with Crippen LogP contribution in [-0.2, 0) is 6.42 Å². The smallest absolute Gasteiger partial charge is 0.253 e. The molecule has 0 bridgehead atoms. The molecule has 1 saturated heterocycles. The number of hydrogen-bond acceptors (Lipinski definition) is 3. The third-order valence-corrected chi connectivity index (χ3v) is 6.18. The number of carbonyl (C=O) groups is 1. The van der Waals surface area contributed by atoms with Gasteiger partial charge in [-0.05, 0) is 49.1 Å². The number of likely N-dealkylation sites (tertiary alicyclic amines) is 1. The zero-order valence-corrected chi connectivity index (χ0v) is 15.3. The third kappa shape index (κ3) is 3.31. The van der Waals surface area contributed by atoms with Crippen molar-refractivity contribution < 1.29 is 4.79 Å². The highest BCUT2D eigenvalue weighted by atomic mass is 32.1. The predicted molar refractivity (Wildman–Crippen MR) is 103 cm³/mol. The Balaban J connectivity index is 1.52. The molecule has 1 aliphatic rings. The van der Waals surface area contributed by atoms with Crippen LogP contribution in [0.1, 0.15) is 46.6 Å². The molecule has 4 rings (SSSR count). The molecule has 0 N–H and O–H groups in total. The number of nitrogens with zero attached hydrogens (tertiary/aromatic N) is 2. The van der Waals surface area contributed by atoms with E-state index in [1.165, 1.54) is 15.3 Å². The van der Waals surface area contributed by atoms with Crippen molar-refractivity contribution in [1.82, 2.24) is 9.88 Å². The standard InChI is InChI=1S/C21H22N2OS/c1-2-15-9-11-16(12-10-15)21(24)23-13-5-6-17(14-23)20-22-18-7-3-4-8-19(18)25-20/h3-4,7-12,17H,2,5-6,13-14H2,1H3. The molecule has 0 saturated carbocycles. The number of fused-ring (bicyclic) bond motifs is 1. The van der Waals surface area contributed by atoms with Gasteiger partial charge >= 0.3 is 0 Å². The first-order valence-electron chi connectivity index (χ1n) is 8.98. The zero-order valence-electron chi connectivity index (χ0n) is 14.4. The van der Waals surface area contributed by atoms with Crippen molar-refractivity contribution in [2.24, 2.45) is 0 Å². The topological polar surface area (TPSA) is 33.2 Å². The molecule has 3 nitrogen and oxygen atoms in total. The number of benzene rings is 2. The number of para-hydroxylation sites is 1. The van der Waals surface area contributed by atoms with Crippen molar-refractivity contribution in [3.63, 3.8) is 0 Å². The number of aryl methyl sites for hydroxylation is 1. The van der Waals surface area contributed by atoms with Gasteiger partial charge in [-0.25, -0.2) is 4.98 Å². The molecule has 25 heavy (non-hydrogen) atoms. The van der Waals surface area contributed by atoms with Gasteiger partial charge in [0.15, 0.2) is 0 Å². The first-order valence-corrected chi connectivity index (χ1v) is 9.80. The largest absolute Gasteiger partial charge is 0.338 e. The van der Waals surface area contributed by atoms with Gasteiger partial charge in [-0.1, -0.05) is 31.2 Å². The minimum Gasteiger partial charge on any atom is -0.338 e. The minimum atomic E-state index is 0.147. The van der Waals surface area contributed by atoms with Crippen molar-refractivity contribution in [2.45, 2.75) is 32.1 Å². The predicted octanol–water partition coefficient (Wildman–Crippen LogP) is 4.88. The molecule has 1 aliphatic heterocycles. The molecule has 1 atom stereocenters. The Morgan fingerprint density at radius 2 is 2.00 bits per heavy atom. The molecule has 1 aromatic heterocycles. The van der Waals surface area contributed by atoms with E-state index >= 15 is 0 Å². The molecular formula is C21H22N2OS. The summed E-state index contributed by atoms with van der Waals surface area (Å²) in [5, 5.41) is 1.17. The summed E-state index contributed by atoms with van der Waals surface area (Å²) in [6, 6.07) is 16.3. The lowest BCUT2D eigenvalue weighted by Gasteiger charge is -2.32. The highest BCUT2D eigenvalue weighted by Crippen LogP contribution is 2.33. The third-order valence-electron chi connectivity index (χ3n) is 4.98. The average molecular weight is 350 g/mol. The summed E-state index contributed by atoms with van der Waals surface area (Å²) >= 11 is 1.77. The van der Waals surface area contributed by atoms with Crippen molar-refractivity contribution in [2.75, 3.05) is 13.1 Å². The van der Waals surface area contributed by atoms with E-state index in [4.69, 9.17) is 4.98 Å². The molecule has 1 unspecified atom stereocenters. The van der Waals surface area contributed by atoms with Gasteiger partial charge in [0.1, 0.15) is 0 Å². The van der Waals surface area contributed by atoms with E-state index in [0.29, 0.717) is 5.92 Å². The van der Waals surface area contributed by atoms with E-state index in [2.05, 4.69) is 37.3 Å². The van der Waals surface area contributed by atoms with Gasteiger partial charge in [-0.15, -0.1) is 11.3 Å². The van der Waals surface area contributed by atoms with Gasteiger partial charge in [0.05, 0.1) is 15.2 Å². The van der Waals surface area contributed by atoms with Gasteiger partial charge in [0.2, 0.25) is 0 Å². The lowest BCUT2D eigenvalue weighted by molar-refractivity contribution is 0.0707. The maximum absolute atomic E-state index is 12.9. The molecule has 0 radical (unpaired) electrons. The van der Waals surface area contributed by atoms with Crippen molar-refractivity contribution in [3.05, 3.63) is 64.7 Å². The van der Waals surface area contributed by atoms with E-state index in [0.717, 1.165) is 43.4 Å². The Labute approximate surface area is 152 Å². The number of rotatable bonds is 3. The fourth-order valence-electron chi connectivity index (χ4n) is 3.49. The molecule has 0 aliphatic carbocycles. The summed E-state index contributed by atoms with van der Waals surface area (Å²) in [6.07, 6.45) is 3.15. The number of piperidine rings is 1. The molecule has 3 aromatic rings. The molecular weight excluding hydrogens is 328 g/mol. The lowest BCUT2D eigenvalue weighted by Crippen LogP contribution is -2.39. The van der Waals surface area contributed by atoms with Crippen LogP contribution < -0.4 is 0 Å². The highest BCUT2D eigenvalue weighted by Gasteiger charge is 2.27. The molecule has 128 valence electrons. The van der Waals surface area contributed by atoms with Crippen LogP contribution in [0.5, 0.6) is 0 Å². The summed E-state index contributed by atoms with van der Waals surface area (Å²) in [7, 11) is 0. The molecule has 4 heteroatoms. The zero-order chi connectivity index (χ0) is 17.2. The van der Waals surface area contributed by atoms with E-state index in [-0.39, 0.29) is 5.91 Å². The summed E-state index contributed by atoms with van der Waals surface area (Å²) < 4.78 is 1.23. The molecule has 1 amide bonds. The van der Waals surface area contributed by atoms with E-state index in [9.17, 15) is 4.79 Å². The van der Waals surface area contributed by atoms with Crippen molar-refractivity contribution in [3.8, 4) is 0 Å². The average Bonchev–Trinajstić information content (AvgIpc) is 3.12. The lowest BCUT2D eigenvalue weighted by atomic mass is 9.98. The first kappa shape index (κ1) is 16.3.